The Labute approximate surface area is 114 Å². The molecule has 0 aliphatic carbocycles. The van der Waals surface area contributed by atoms with Crippen LogP contribution in [0, 0.1) is 0 Å². The number of carbonyl (C=O) groups excluding carboxylic acids is 1. The van der Waals surface area contributed by atoms with Gasteiger partial charge >= 0.3 is 11.9 Å². The molecule has 20 heavy (non-hydrogen) atoms. The summed E-state index contributed by atoms with van der Waals surface area (Å²) in [6.07, 6.45) is 0. The van der Waals surface area contributed by atoms with Gasteiger partial charge in [-0.15, -0.1) is 0 Å². The molecule has 0 bridgehead atoms. The maximum Gasteiger partial charge on any atom is 0.336 e. The molecule has 0 atom stereocenters. The van der Waals surface area contributed by atoms with E-state index in [4.69, 9.17) is 10.2 Å². The second-order valence-corrected chi connectivity index (χ2v) is 4.07. The summed E-state index contributed by atoms with van der Waals surface area (Å²) in [5.41, 5.74) is -0.202. The number of rotatable bonds is 4. The Hall–Kier alpha value is -2.95. The van der Waals surface area contributed by atoms with Gasteiger partial charge in [0.2, 0.25) is 0 Å². The summed E-state index contributed by atoms with van der Waals surface area (Å²) in [5, 5.41) is 17.9. The van der Waals surface area contributed by atoms with Crippen LogP contribution in [0.3, 0.4) is 0 Å². The predicted molar refractivity (Wildman–Crippen MR) is 70.2 cm³/mol. The largest absolute Gasteiger partial charge is 0.478 e. The monoisotopic (exact) mass is 270 g/mol. The van der Waals surface area contributed by atoms with Gasteiger partial charge in [-0.1, -0.05) is 36.4 Å². The smallest absolute Gasteiger partial charge is 0.336 e. The normalized spacial score (nSPS) is 10.0. The van der Waals surface area contributed by atoms with Crippen LogP contribution in [0.15, 0.2) is 48.5 Å². The molecule has 2 rings (SSSR count). The summed E-state index contributed by atoms with van der Waals surface area (Å²) in [6.45, 7) is 0. The molecule has 0 aliphatic heterocycles. The van der Waals surface area contributed by atoms with Crippen molar-refractivity contribution in [2.24, 2.45) is 0 Å². The molecule has 0 saturated carbocycles. The average molecular weight is 270 g/mol. The van der Waals surface area contributed by atoms with Crippen LogP contribution in [0.25, 0.3) is 0 Å². The Bertz CT molecular complexity index is 689. The van der Waals surface area contributed by atoms with Crippen molar-refractivity contribution in [3.63, 3.8) is 0 Å². The number of hydrogen-bond donors (Lipinski definition) is 2. The topological polar surface area (TPSA) is 91.7 Å². The summed E-state index contributed by atoms with van der Waals surface area (Å²) in [7, 11) is 0. The quantitative estimate of drug-likeness (QED) is 0.832. The van der Waals surface area contributed by atoms with Crippen LogP contribution in [0.1, 0.15) is 36.6 Å². The minimum Gasteiger partial charge on any atom is -0.478 e. The molecule has 0 unspecified atom stereocenters. The van der Waals surface area contributed by atoms with E-state index in [-0.39, 0.29) is 16.9 Å². The maximum absolute atomic E-state index is 12.2. The fourth-order valence-electron chi connectivity index (χ4n) is 1.81. The minimum atomic E-state index is -1.38. The van der Waals surface area contributed by atoms with Gasteiger partial charge in [0, 0.05) is 11.1 Å². The minimum absolute atomic E-state index is 0.138. The molecule has 2 N–H and O–H groups in total. The predicted octanol–water partition coefficient (Wildman–Crippen LogP) is 2.31. The van der Waals surface area contributed by atoms with Crippen LogP contribution in [-0.4, -0.2) is 27.9 Å². The van der Waals surface area contributed by atoms with Crippen LogP contribution in [0.4, 0.5) is 0 Å². The standard InChI is InChI=1S/C15H10O5/c16-13(9-4-2-1-3-5-9)10-6-7-11(14(17)18)12(8-10)15(19)20/h1-8H,(H,17,18)(H,19,20). The Balaban J connectivity index is 2.49. The molecule has 0 spiro atoms. The fraction of sp³-hybridized carbons (Fsp3) is 0. The first-order valence-electron chi connectivity index (χ1n) is 5.71. The first-order valence-corrected chi connectivity index (χ1v) is 5.71. The van der Waals surface area contributed by atoms with Crippen LogP contribution < -0.4 is 0 Å². The first-order chi connectivity index (χ1) is 9.50. The summed E-state index contributed by atoms with van der Waals surface area (Å²) in [4.78, 5) is 34.2. The van der Waals surface area contributed by atoms with Crippen molar-refractivity contribution in [2.75, 3.05) is 0 Å². The highest BCUT2D eigenvalue weighted by atomic mass is 16.4. The molecule has 2 aromatic rings. The van der Waals surface area contributed by atoms with Crippen molar-refractivity contribution < 1.29 is 24.6 Å². The van der Waals surface area contributed by atoms with E-state index >= 15 is 0 Å². The zero-order chi connectivity index (χ0) is 14.7. The number of carbonyl (C=O) groups is 3. The van der Waals surface area contributed by atoms with Crippen LogP contribution in [0.5, 0.6) is 0 Å². The molecule has 100 valence electrons. The number of aromatic carboxylic acids is 2. The Morgan fingerprint density at radius 1 is 0.700 bits per heavy atom. The number of benzene rings is 2. The van der Waals surface area contributed by atoms with Crippen molar-refractivity contribution in [3.8, 4) is 0 Å². The van der Waals surface area contributed by atoms with E-state index in [1.165, 1.54) is 6.07 Å². The molecule has 0 aliphatic rings. The third-order valence-corrected chi connectivity index (χ3v) is 2.78. The number of ketones is 1. The van der Waals surface area contributed by atoms with E-state index in [1.54, 1.807) is 30.3 Å². The summed E-state index contributed by atoms with van der Waals surface area (Å²) in [5.74, 6) is -3.09. The van der Waals surface area contributed by atoms with Gasteiger partial charge in [-0.3, -0.25) is 4.79 Å². The molecule has 5 nitrogen and oxygen atoms in total. The molecular formula is C15H10O5. The van der Waals surface area contributed by atoms with Gasteiger partial charge < -0.3 is 10.2 Å². The van der Waals surface area contributed by atoms with Gasteiger partial charge in [0.05, 0.1) is 11.1 Å². The van der Waals surface area contributed by atoms with Crippen LogP contribution >= 0.6 is 0 Å². The molecule has 5 heteroatoms. The summed E-state index contributed by atoms with van der Waals surface area (Å²) >= 11 is 0. The maximum atomic E-state index is 12.2. The van der Waals surface area contributed by atoms with Gasteiger partial charge in [-0.2, -0.15) is 0 Å². The van der Waals surface area contributed by atoms with Crippen molar-refractivity contribution in [2.45, 2.75) is 0 Å². The zero-order valence-corrected chi connectivity index (χ0v) is 10.2. The Morgan fingerprint density at radius 3 is 1.85 bits per heavy atom. The van der Waals surface area contributed by atoms with Crippen molar-refractivity contribution in [1.29, 1.82) is 0 Å². The third kappa shape index (κ3) is 2.56. The average Bonchev–Trinajstić information content (AvgIpc) is 2.46. The highest BCUT2D eigenvalue weighted by Gasteiger charge is 2.19. The van der Waals surface area contributed by atoms with Crippen LogP contribution in [0.2, 0.25) is 0 Å². The first kappa shape index (κ1) is 13.5. The third-order valence-electron chi connectivity index (χ3n) is 2.78. The number of carboxylic acids is 2. The summed E-state index contributed by atoms with van der Waals surface area (Å²) in [6, 6.07) is 11.9. The van der Waals surface area contributed by atoms with E-state index in [9.17, 15) is 14.4 Å². The molecule has 0 heterocycles. The fourth-order valence-corrected chi connectivity index (χ4v) is 1.81. The van der Waals surface area contributed by atoms with E-state index in [0.717, 1.165) is 12.1 Å². The van der Waals surface area contributed by atoms with Crippen molar-refractivity contribution in [3.05, 3.63) is 70.8 Å². The SMILES string of the molecule is O=C(c1ccccc1)c1ccc(C(=O)O)c(C(=O)O)c1. The van der Waals surface area contributed by atoms with Gasteiger partial charge in [0.1, 0.15) is 0 Å². The van der Waals surface area contributed by atoms with Crippen molar-refractivity contribution in [1.82, 2.24) is 0 Å². The number of carboxylic acid groups (broad SMARTS) is 2. The van der Waals surface area contributed by atoms with Crippen molar-refractivity contribution >= 4 is 17.7 Å². The Morgan fingerprint density at radius 2 is 1.30 bits per heavy atom. The van der Waals surface area contributed by atoms with E-state index in [1.807, 2.05) is 0 Å². The molecule has 0 amide bonds. The lowest BCUT2D eigenvalue weighted by Crippen LogP contribution is -2.10. The second kappa shape index (κ2) is 5.36. The van der Waals surface area contributed by atoms with Gasteiger partial charge in [0.25, 0.3) is 0 Å². The lowest BCUT2D eigenvalue weighted by atomic mass is 9.98. The molecule has 0 aromatic heterocycles. The molecular weight excluding hydrogens is 260 g/mol. The van der Waals surface area contributed by atoms with E-state index < -0.39 is 17.5 Å². The molecule has 0 saturated heterocycles. The highest BCUT2D eigenvalue weighted by Crippen LogP contribution is 2.16. The molecule has 0 fully saturated rings. The van der Waals surface area contributed by atoms with E-state index in [0.29, 0.717) is 5.56 Å². The second-order valence-electron chi connectivity index (χ2n) is 4.07. The van der Waals surface area contributed by atoms with Crippen LogP contribution in [-0.2, 0) is 0 Å². The summed E-state index contributed by atoms with van der Waals surface area (Å²) < 4.78 is 0. The lowest BCUT2D eigenvalue weighted by molar-refractivity contribution is 0.0651. The van der Waals surface area contributed by atoms with Gasteiger partial charge in [-0.05, 0) is 12.1 Å². The lowest BCUT2D eigenvalue weighted by Gasteiger charge is -2.05. The Kier molecular flexibility index (Phi) is 3.61. The molecule has 0 radical (unpaired) electrons. The zero-order valence-electron chi connectivity index (χ0n) is 10.2. The van der Waals surface area contributed by atoms with Gasteiger partial charge in [0.15, 0.2) is 5.78 Å². The highest BCUT2D eigenvalue weighted by molar-refractivity contribution is 6.11. The molecule has 2 aromatic carbocycles. The van der Waals surface area contributed by atoms with Gasteiger partial charge in [-0.25, -0.2) is 9.59 Å². The van der Waals surface area contributed by atoms with E-state index in [2.05, 4.69) is 0 Å². The number of hydrogen-bond acceptors (Lipinski definition) is 3.